The molecule has 8 heteroatoms. The van der Waals surface area contributed by atoms with Crippen LogP contribution in [0.4, 0.5) is 5.69 Å². The number of halogens is 1. The van der Waals surface area contributed by atoms with E-state index >= 15 is 0 Å². The largest absolute Gasteiger partial charge is 0.269 e. The van der Waals surface area contributed by atoms with Crippen molar-refractivity contribution in [2.45, 2.75) is 0 Å². The number of nitrogens with one attached hydrogen (secondary N) is 2. The van der Waals surface area contributed by atoms with Gasteiger partial charge in [0.2, 0.25) is 0 Å². The number of hydrogen-bond acceptors (Lipinski definition) is 4. The van der Waals surface area contributed by atoms with Crippen LogP contribution < -0.4 is 10.9 Å². The van der Waals surface area contributed by atoms with Gasteiger partial charge < -0.3 is 0 Å². The molecule has 0 aliphatic heterocycles. The lowest BCUT2D eigenvalue weighted by molar-refractivity contribution is -0.384. The highest BCUT2D eigenvalue weighted by atomic mass is 79.9. The third kappa shape index (κ3) is 4.75. The minimum absolute atomic E-state index is 0.119. The summed E-state index contributed by atoms with van der Waals surface area (Å²) in [5, 5.41) is 10.5. The highest BCUT2D eigenvalue weighted by Gasteiger charge is 2.09. The fraction of sp³-hybridized carbons (Fsp3) is 0. The van der Waals surface area contributed by atoms with Crippen LogP contribution in [-0.4, -0.2) is 16.7 Å². The summed E-state index contributed by atoms with van der Waals surface area (Å²) in [7, 11) is 0. The zero-order valence-corrected chi connectivity index (χ0v) is 13.8. The van der Waals surface area contributed by atoms with Gasteiger partial charge >= 0.3 is 0 Å². The van der Waals surface area contributed by atoms with Gasteiger partial charge in [0, 0.05) is 28.2 Å². The van der Waals surface area contributed by atoms with E-state index in [2.05, 4.69) is 26.8 Å². The average Bonchev–Trinajstić information content (AvgIpc) is 2.59. The van der Waals surface area contributed by atoms with Crippen molar-refractivity contribution in [2.75, 3.05) is 0 Å². The van der Waals surface area contributed by atoms with Crippen molar-refractivity contribution in [1.82, 2.24) is 10.9 Å². The van der Waals surface area contributed by atoms with Crippen LogP contribution in [0.15, 0.2) is 59.1 Å². The lowest BCUT2D eigenvalue weighted by Gasteiger charge is -2.05. The number of carbonyl (C=O) groups excluding carboxylic acids is 2. The first-order valence-corrected chi connectivity index (χ1v) is 7.54. The van der Waals surface area contributed by atoms with Gasteiger partial charge in [0.1, 0.15) is 0 Å². The van der Waals surface area contributed by atoms with Crippen LogP contribution in [0.3, 0.4) is 0 Å². The molecule has 2 aromatic rings. The Balaban J connectivity index is 1.90. The second-order valence-electron chi connectivity index (χ2n) is 4.60. The lowest BCUT2D eigenvalue weighted by atomic mass is 10.2. The summed E-state index contributed by atoms with van der Waals surface area (Å²) in [6.45, 7) is 0. The second kappa shape index (κ2) is 8.02. The van der Waals surface area contributed by atoms with Crippen molar-refractivity contribution in [3.8, 4) is 0 Å². The van der Waals surface area contributed by atoms with Crippen LogP contribution in [0.2, 0.25) is 0 Å². The van der Waals surface area contributed by atoms with E-state index in [1.165, 1.54) is 30.3 Å². The summed E-state index contributed by atoms with van der Waals surface area (Å²) < 4.78 is 0.837. The van der Waals surface area contributed by atoms with E-state index in [4.69, 9.17) is 0 Å². The topological polar surface area (TPSA) is 101 Å². The first-order chi connectivity index (χ1) is 11.5. The van der Waals surface area contributed by atoms with E-state index in [0.717, 1.165) is 10.0 Å². The first-order valence-electron chi connectivity index (χ1n) is 6.75. The van der Waals surface area contributed by atoms with Crippen LogP contribution in [-0.2, 0) is 4.79 Å². The molecule has 0 atom stereocenters. The Labute approximate surface area is 145 Å². The molecular weight excluding hydrogens is 378 g/mol. The SMILES string of the molecule is O=C(/C=C/c1ccccc1Br)NNC(=O)c1ccc([N+](=O)[O-])cc1. The third-order valence-corrected chi connectivity index (χ3v) is 3.68. The highest BCUT2D eigenvalue weighted by Crippen LogP contribution is 2.16. The standard InChI is InChI=1S/C16H12BrN3O4/c17-14-4-2-1-3-11(14)7-10-15(21)18-19-16(22)12-5-8-13(9-6-12)20(23)24/h1-10H,(H,18,21)(H,19,22)/b10-7+. The lowest BCUT2D eigenvalue weighted by Crippen LogP contribution is -2.40. The fourth-order valence-corrected chi connectivity index (χ4v) is 2.16. The number of hydrogen-bond donors (Lipinski definition) is 2. The van der Waals surface area contributed by atoms with Gasteiger partial charge in [-0.1, -0.05) is 34.1 Å². The maximum absolute atomic E-state index is 11.8. The van der Waals surface area contributed by atoms with Crippen LogP contribution in [0.5, 0.6) is 0 Å². The van der Waals surface area contributed by atoms with Gasteiger partial charge in [-0.3, -0.25) is 30.6 Å². The molecule has 24 heavy (non-hydrogen) atoms. The van der Waals surface area contributed by atoms with Crippen molar-refractivity contribution in [3.05, 3.63) is 80.3 Å². The van der Waals surface area contributed by atoms with E-state index in [0.29, 0.717) is 0 Å². The van der Waals surface area contributed by atoms with E-state index in [1.54, 1.807) is 6.08 Å². The van der Waals surface area contributed by atoms with Crippen molar-refractivity contribution < 1.29 is 14.5 Å². The molecule has 0 saturated heterocycles. The Hall–Kier alpha value is -3.00. The predicted octanol–water partition coefficient (Wildman–Crippen LogP) is 2.83. The van der Waals surface area contributed by atoms with Gasteiger partial charge in [-0.25, -0.2) is 0 Å². The number of hydrazine groups is 1. The molecule has 0 fully saturated rings. The van der Waals surface area contributed by atoms with Crippen molar-refractivity contribution in [1.29, 1.82) is 0 Å². The van der Waals surface area contributed by atoms with Gasteiger partial charge in [-0.2, -0.15) is 0 Å². The zero-order valence-electron chi connectivity index (χ0n) is 12.2. The molecule has 2 aromatic carbocycles. The number of amides is 2. The number of carbonyl (C=O) groups is 2. The average molecular weight is 390 g/mol. The maximum atomic E-state index is 11.8. The molecule has 0 unspecified atom stereocenters. The number of nitrogens with zero attached hydrogens (tertiary/aromatic N) is 1. The van der Waals surface area contributed by atoms with Crippen molar-refractivity contribution in [3.63, 3.8) is 0 Å². The summed E-state index contributed by atoms with van der Waals surface area (Å²) in [6, 6.07) is 12.4. The molecule has 2 rings (SSSR count). The summed E-state index contributed by atoms with van der Waals surface area (Å²) in [4.78, 5) is 33.5. The Morgan fingerprint density at radius 3 is 2.33 bits per heavy atom. The molecule has 0 aliphatic carbocycles. The molecule has 122 valence electrons. The summed E-state index contributed by atoms with van der Waals surface area (Å²) >= 11 is 3.35. The second-order valence-corrected chi connectivity index (χ2v) is 5.46. The third-order valence-electron chi connectivity index (χ3n) is 2.96. The minimum Gasteiger partial charge on any atom is -0.268 e. The first kappa shape index (κ1) is 17.4. The van der Waals surface area contributed by atoms with Crippen LogP contribution >= 0.6 is 15.9 Å². The van der Waals surface area contributed by atoms with Crippen LogP contribution in [0, 0.1) is 10.1 Å². The molecule has 0 aromatic heterocycles. The van der Waals surface area contributed by atoms with Gasteiger partial charge in [0.25, 0.3) is 17.5 Å². The van der Waals surface area contributed by atoms with Crippen LogP contribution in [0.25, 0.3) is 6.08 Å². The van der Waals surface area contributed by atoms with E-state index in [-0.39, 0.29) is 11.3 Å². The molecule has 0 radical (unpaired) electrons. The number of nitro benzene ring substituents is 1. The smallest absolute Gasteiger partial charge is 0.268 e. The molecule has 0 spiro atoms. The molecular formula is C16H12BrN3O4. The summed E-state index contributed by atoms with van der Waals surface area (Å²) in [5.41, 5.74) is 5.35. The van der Waals surface area contributed by atoms with Crippen molar-refractivity contribution in [2.24, 2.45) is 0 Å². The maximum Gasteiger partial charge on any atom is 0.269 e. The Bertz CT molecular complexity index is 803. The van der Waals surface area contributed by atoms with E-state index in [9.17, 15) is 19.7 Å². The molecule has 0 bridgehead atoms. The molecule has 2 amide bonds. The van der Waals surface area contributed by atoms with Gasteiger partial charge in [0.15, 0.2) is 0 Å². The molecule has 0 aliphatic rings. The van der Waals surface area contributed by atoms with Gasteiger partial charge in [-0.05, 0) is 29.8 Å². The van der Waals surface area contributed by atoms with E-state index < -0.39 is 16.7 Å². The Morgan fingerprint density at radius 2 is 1.71 bits per heavy atom. The number of non-ortho nitro benzene ring substituents is 1. The van der Waals surface area contributed by atoms with Gasteiger partial charge in [0.05, 0.1) is 4.92 Å². The van der Waals surface area contributed by atoms with Crippen LogP contribution in [0.1, 0.15) is 15.9 Å². The summed E-state index contributed by atoms with van der Waals surface area (Å²) in [6.07, 6.45) is 2.87. The quantitative estimate of drug-likeness (QED) is 0.476. The molecule has 0 saturated carbocycles. The highest BCUT2D eigenvalue weighted by molar-refractivity contribution is 9.10. The molecule has 7 nitrogen and oxygen atoms in total. The van der Waals surface area contributed by atoms with Gasteiger partial charge in [-0.15, -0.1) is 0 Å². The number of rotatable bonds is 4. The number of nitro groups is 1. The molecule has 2 N–H and O–H groups in total. The monoisotopic (exact) mass is 389 g/mol. The number of benzene rings is 2. The normalized spacial score (nSPS) is 10.4. The fourth-order valence-electron chi connectivity index (χ4n) is 1.74. The summed E-state index contributed by atoms with van der Waals surface area (Å²) in [5.74, 6) is -1.09. The van der Waals surface area contributed by atoms with E-state index in [1.807, 2.05) is 24.3 Å². The predicted molar refractivity (Wildman–Crippen MR) is 91.9 cm³/mol. The Kier molecular flexibility index (Phi) is 5.80. The molecule has 0 heterocycles. The minimum atomic E-state index is -0.576. The Morgan fingerprint density at radius 1 is 1.04 bits per heavy atom. The zero-order chi connectivity index (χ0) is 17.5. The van der Waals surface area contributed by atoms with Crippen molar-refractivity contribution >= 4 is 39.5 Å².